The summed E-state index contributed by atoms with van der Waals surface area (Å²) in [7, 11) is 0. The van der Waals surface area contributed by atoms with Crippen molar-refractivity contribution in [2.75, 3.05) is 13.1 Å². The molecule has 2 fully saturated rings. The van der Waals surface area contributed by atoms with Crippen LogP contribution in [0.25, 0.3) is 0 Å². The fraction of sp³-hybridized carbons (Fsp3) is 1.00. The maximum absolute atomic E-state index is 11.3. The highest BCUT2D eigenvalue weighted by molar-refractivity contribution is 6.20. The molecule has 0 aromatic rings. The van der Waals surface area contributed by atoms with E-state index in [1.807, 2.05) is 0 Å². The quantitative estimate of drug-likeness (QED) is 0.650. The number of halogens is 1. The third-order valence-electron chi connectivity index (χ3n) is 4.11. The van der Waals surface area contributed by atoms with Gasteiger partial charge < -0.3 is 4.90 Å². The molecule has 16 heavy (non-hydrogen) atoms. The van der Waals surface area contributed by atoms with Crippen LogP contribution in [-0.4, -0.2) is 35.5 Å². The number of hydrogen-bond acceptors (Lipinski definition) is 1. The number of alkyl halides is 1. The highest BCUT2D eigenvalue weighted by Crippen LogP contribution is 2.26. The van der Waals surface area contributed by atoms with Gasteiger partial charge in [-0.25, -0.2) is 5.11 Å². The van der Waals surface area contributed by atoms with Crippen molar-refractivity contribution >= 4 is 11.6 Å². The largest absolute Gasteiger partial charge is 0.300 e. The average molecular weight is 245 g/mol. The summed E-state index contributed by atoms with van der Waals surface area (Å²) in [5.74, 6) is 0. The van der Waals surface area contributed by atoms with Crippen LogP contribution in [0.4, 0.5) is 0 Å². The van der Waals surface area contributed by atoms with Crippen LogP contribution in [0.3, 0.4) is 0 Å². The van der Waals surface area contributed by atoms with Gasteiger partial charge in [-0.05, 0) is 38.5 Å². The molecule has 1 aliphatic heterocycles. The molecule has 2 atom stereocenters. The molecule has 1 saturated carbocycles. The second kappa shape index (κ2) is 6.23. The predicted molar refractivity (Wildman–Crippen MR) is 66.4 cm³/mol. The molecule has 0 aromatic heterocycles. The summed E-state index contributed by atoms with van der Waals surface area (Å²) in [4.78, 5) is 2.54. The fourth-order valence-electron chi connectivity index (χ4n) is 3.01. The standard InChI is InChI=1S/C13H23ClNO/c14-11-3-1-2-4-12(6-5-11)15-9-7-13(16)8-10-15/h11-13H,1-10H2. The van der Waals surface area contributed by atoms with Crippen molar-refractivity contribution in [1.82, 2.24) is 4.90 Å². The predicted octanol–water partition coefficient (Wildman–Crippen LogP) is 3.21. The van der Waals surface area contributed by atoms with E-state index in [4.69, 9.17) is 11.6 Å². The van der Waals surface area contributed by atoms with E-state index in [1.54, 1.807) is 0 Å². The molecule has 0 aromatic carbocycles. The van der Waals surface area contributed by atoms with E-state index < -0.39 is 0 Å². The van der Waals surface area contributed by atoms with Crippen molar-refractivity contribution in [3.63, 3.8) is 0 Å². The van der Waals surface area contributed by atoms with Gasteiger partial charge in [0.2, 0.25) is 0 Å². The molecular formula is C13H23ClNO. The summed E-state index contributed by atoms with van der Waals surface area (Å²) in [6.07, 6.45) is 8.88. The first kappa shape index (κ1) is 12.7. The van der Waals surface area contributed by atoms with Gasteiger partial charge in [0.1, 0.15) is 0 Å². The lowest BCUT2D eigenvalue weighted by molar-refractivity contribution is 0.0113. The maximum atomic E-state index is 11.3. The van der Waals surface area contributed by atoms with Gasteiger partial charge >= 0.3 is 0 Å². The second-order valence-electron chi connectivity index (χ2n) is 5.35. The first-order valence-corrected chi connectivity index (χ1v) is 7.23. The molecular weight excluding hydrogens is 222 g/mol. The van der Waals surface area contributed by atoms with Crippen LogP contribution in [0.1, 0.15) is 51.4 Å². The van der Waals surface area contributed by atoms with Crippen molar-refractivity contribution in [1.29, 1.82) is 0 Å². The van der Waals surface area contributed by atoms with Crippen LogP contribution >= 0.6 is 11.6 Å². The van der Waals surface area contributed by atoms with Crippen LogP contribution in [-0.2, 0) is 5.11 Å². The molecule has 0 spiro atoms. The van der Waals surface area contributed by atoms with Crippen LogP contribution in [0.2, 0.25) is 0 Å². The molecule has 0 N–H and O–H groups in total. The number of nitrogens with zero attached hydrogens (tertiary/aromatic N) is 1. The zero-order valence-corrected chi connectivity index (χ0v) is 10.8. The summed E-state index contributed by atoms with van der Waals surface area (Å²) < 4.78 is 0. The Bertz CT molecular complexity index is 204. The Kier molecular flexibility index (Phi) is 4.93. The maximum Gasteiger partial charge on any atom is 0.0954 e. The summed E-state index contributed by atoms with van der Waals surface area (Å²) in [5, 5.41) is 11.7. The summed E-state index contributed by atoms with van der Waals surface area (Å²) in [5.41, 5.74) is 0. The Balaban J connectivity index is 1.82. The Morgan fingerprint density at radius 2 is 1.56 bits per heavy atom. The van der Waals surface area contributed by atoms with Gasteiger partial charge in [-0.2, -0.15) is 0 Å². The van der Waals surface area contributed by atoms with E-state index in [-0.39, 0.29) is 6.10 Å². The number of rotatable bonds is 1. The summed E-state index contributed by atoms with van der Waals surface area (Å²) >= 11 is 6.25. The minimum absolute atomic E-state index is 0.300. The lowest BCUT2D eigenvalue weighted by Gasteiger charge is -2.37. The highest BCUT2D eigenvalue weighted by Gasteiger charge is 2.25. The van der Waals surface area contributed by atoms with Gasteiger partial charge in [0.15, 0.2) is 0 Å². The van der Waals surface area contributed by atoms with E-state index >= 15 is 0 Å². The minimum atomic E-state index is -0.300. The molecule has 2 aliphatic rings. The zero-order valence-electron chi connectivity index (χ0n) is 10.0. The Morgan fingerprint density at radius 1 is 0.875 bits per heavy atom. The molecule has 1 aliphatic carbocycles. The van der Waals surface area contributed by atoms with Gasteiger partial charge in [-0.1, -0.05) is 12.8 Å². The molecule has 1 radical (unpaired) electrons. The minimum Gasteiger partial charge on any atom is -0.300 e. The van der Waals surface area contributed by atoms with E-state index in [2.05, 4.69) is 4.90 Å². The fourth-order valence-corrected chi connectivity index (χ4v) is 3.29. The van der Waals surface area contributed by atoms with Gasteiger partial charge in [0, 0.05) is 24.5 Å². The van der Waals surface area contributed by atoms with Crippen molar-refractivity contribution in [3.05, 3.63) is 0 Å². The Labute approximate surface area is 104 Å². The van der Waals surface area contributed by atoms with Gasteiger partial charge in [0.05, 0.1) is 6.10 Å². The lowest BCUT2D eigenvalue weighted by atomic mass is 9.93. The normalized spacial score (nSPS) is 35.6. The van der Waals surface area contributed by atoms with Gasteiger partial charge in [-0.15, -0.1) is 11.6 Å². The topological polar surface area (TPSA) is 23.1 Å². The van der Waals surface area contributed by atoms with Crippen LogP contribution in [0, 0.1) is 0 Å². The summed E-state index contributed by atoms with van der Waals surface area (Å²) in [6, 6.07) is 0.703. The van der Waals surface area contributed by atoms with Crippen molar-refractivity contribution < 1.29 is 5.11 Å². The number of likely N-dealkylation sites (tertiary alicyclic amines) is 1. The van der Waals surface area contributed by atoms with Crippen LogP contribution in [0.15, 0.2) is 0 Å². The Hall–Kier alpha value is 0.210. The first-order chi connectivity index (χ1) is 7.75. The van der Waals surface area contributed by atoms with Crippen molar-refractivity contribution in [3.8, 4) is 0 Å². The van der Waals surface area contributed by atoms with E-state index in [0.29, 0.717) is 11.4 Å². The second-order valence-corrected chi connectivity index (χ2v) is 5.97. The molecule has 2 rings (SSSR count). The van der Waals surface area contributed by atoms with Crippen LogP contribution in [0.5, 0.6) is 0 Å². The van der Waals surface area contributed by atoms with Crippen LogP contribution < -0.4 is 0 Å². The monoisotopic (exact) mass is 244 g/mol. The molecule has 0 bridgehead atoms. The van der Waals surface area contributed by atoms with Crippen molar-refractivity contribution in [2.24, 2.45) is 0 Å². The van der Waals surface area contributed by atoms with Gasteiger partial charge in [-0.3, -0.25) is 0 Å². The molecule has 1 saturated heterocycles. The van der Waals surface area contributed by atoms with E-state index in [0.717, 1.165) is 32.4 Å². The average Bonchev–Trinajstić information content (AvgIpc) is 2.26. The number of piperidine rings is 1. The third kappa shape index (κ3) is 3.61. The summed E-state index contributed by atoms with van der Waals surface area (Å²) in [6.45, 7) is 2.04. The SMILES string of the molecule is [O]C1CCN(C2CCCCC(Cl)CC2)CC1. The molecule has 3 heteroatoms. The van der Waals surface area contributed by atoms with E-state index in [1.165, 1.54) is 32.1 Å². The molecule has 0 amide bonds. The molecule has 93 valence electrons. The zero-order chi connectivity index (χ0) is 11.4. The number of hydrogen-bond donors (Lipinski definition) is 0. The van der Waals surface area contributed by atoms with Crippen molar-refractivity contribution in [2.45, 2.75) is 68.9 Å². The smallest absolute Gasteiger partial charge is 0.0954 e. The van der Waals surface area contributed by atoms with E-state index in [9.17, 15) is 5.11 Å². The molecule has 2 nitrogen and oxygen atoms in total. The third-order valence-corrected chi connectivity index (χ3v) is 4.55. The van der Waals surface area contributed by atoms with Gasteiger partial charge in [0.25, 0.3) is 0 Å². The molecule has 2 unspecified atom stereocenters. The molecule has 1 heterocycles. The lowest BCUT2D eigenvalue weighted by Crippen LogP contribution is -2.43. The highest BCUT2D eigenvalue weighted by atomic mass is 35.5. The first-order valence-electron chi connectivity index (χ1n) is 6.79. The Morgan fingerprint density at radius 3 is 2.31 bits per heavy atom.